The van der Waals surface area contributed by atoms with Crippen LogP contribution in [0, 0.1) is 0 Å². The highest BCUT2D eigenvalue weighted by Crippen LogP contribution is 2.44. The zero-order chi connectivity index (χ0) is 19.3. The predicted octanol–water partition coefficient (Wildman–Crippen LogP) is 0.0978. The van der Waals surface area contributed by atoms with Gasteiger partial charge < -0.3 is 25.5 Å². The smallest absolute Gasteiger partial charge is 0.376 e. The summed E-state index contributed by atoms with van der Waals surface area (Å²) in [6.45, 7) is 7.95. The van der Waals surface area contributed by atoms with Crippen LogP contribution in [0.1, 0.15) is 25.8 Å². The third-order valence-corrected chi connectivity index (χ3v) is 5.00. The van der Waals surface area contributed by atoms with Gasteiger partial charge in [0.05, 0.1) is 11.1 Å². The highest BCUT2D eigenvalue weighted by Gasteiger charge is 2.51. The lowest BCUT2D eigenvalue weighted by atomic mass is 9.86. The molecule has 8 nitrogen and oxygen atoms in total. The SMILES string of the molecule is C=CC(=O)N1CCC(Nc2ccc3c(c2)N(C(O)(O)O)C(=O)C3(C)C)C1. The summed E-state index contributed by atoms with van der Waals surface area (Å²) in [4.78, 5) is 26.5. The van der Waals surface area contributed by atoms with Gasteiger partial charge in [-0.3, -0.25) is 9.59 Å². The molecule has 0 saturated carbocycles. The monoisotopic (exact) mass is 361 g/mol. The average Bonchev–Trinajstić information content (AvgIpc) is 3.08. The van der Waals surface area contributed by atoms with Gasteiger partial charge in [-0.25, -0.2) is 4.90 Å². The van der Waals surface area contributed by atoms with Crippen molar-refractivity contribution in [3.05, 3.63) is 36.4 Å². The fourth-order valence-corrected chi connectivity index (χ4v) is 3.58. The van der Waals surface area contributed by atoms with Gasteiger partial charge in [0.2, 0.25) is 11.8 Å². The van der Waals surface area contributed by atoms with E-state index in [2.05, 4.69) is 11.9 Å². The summed E-state index contributed by atoms with van der Waals surface area (Å²) in [7, 11) is 0. The quantitative estimate of drug-likeness (QED) is 0.447. The lowest BCUT2D eigenvalue weighted by Gasteiger charge is -2.28. The Balaban J connectivity index is 1.85. The maximum absolute atomic E-state index is 12.5. The van der Waals surface area contributed by atoms with Crippen molar-refractivity contribution in [3.8, 4) is 0 Å². The first-order valence-electron chi connectivity index (χ1n) is 8.40. The number of carbonyl (C=O) groups excluding carboxylic acids is 2. The fraction of sp³-hybridized carbons (Fsp3) is 0.444. The number of likely N-dealkylation sites (tertiary alicyclic amines) is 1. The average molecular weight is 361 g/mol. The summed E-state index contributed by atoms with van der Waals surface area (Å²) >= 11 is 0. The number of carbonyl (C=O) groups is 2. The standard InChI is InChI=1S/C18H23N3O5/c1-4-15(22)20-8-7-12(10-20)19-11-5-6-13-14(9-11)21(18(24,25)26)16(23)17(13,2)3/h4-6,9,12,19,24-26H,1,7-8,10H2,2-3H3. The van der Waals surface area contributed by atoms with Crippen LogP contribution < -0.4 is 10.2 Å². The Bertz CT molecular complexity index is 769. The van der Waals surface area contributed by atoms with E-state index >= 15 is 0 Å². The van der Waals surface area contributed by atoms with Crippen molar-refractivity contribution in [2.24, 2.45) is 0 Å². The Hall–Kier alpha value is -2.42. The Morgan fingerprint density at radius 2 is 2.08 bits per heavy atom. The van der Waals surface area contributed by atoms with Crippen molar-refractivity contribution in [1.82, 2.24) is 4.90 Å². The van der Waals surface area contributed by atoms with Gasteiger partial charge in [-0.05, 0) is 44.0 Å². The zero-order valence-corrected chi connectivity index (χ0v) is 14.8. The van der Waals surface area contributed by atoms with Crippen molar-refractivity contribution in [2.75, 3.05) is 23.3 Å². The minimum atomic E-state index is -3.28. The van der Waals surface area contributed by atoms with E-state index < -0.39 is 17.4 Å². The van der Waals surface area contributed by atoms with E-state index in [-0.39, 0.29) is 17.6 Å². The van der Waals surface area contributed by atoms with Gasteiger partial charge in [-0.2, -0.15) is 0 Å². The summed E-state index contributed by atoms with van der Waals surface area (Å²) in [5.74, 6) is -0.729. The molecule has 2 aliphatic heterocycles. The number of nitrogens with zero attached hydrogens (tertiary/aromatic N) is 2. The normalized spacial score (nSPS) is 21.7. The Labute approximate surface area is 151 Å². The Morgan fingerprint density at radius 3 is 2.69 bits per heavy atom. The molecule has 1 saturated heterocycles. The maximum Gasteiger partial charge on any atom is 0.376 e. The lowest BCUT2D eigenvalue weighted by molar-refractivity contribution is -0.306. The summed E-state index contributed by atoms with van der Waals surface area (Å²) in [6.07, 6.45) is -1.24. The molecule has 1 aromatic carbocycles. The molecule has 1 fully saturated rings. The van der Waals surface area contributed by atoms with E-state index in [1.165, 1.54) is 6.08 Å². The van der Waals surface area contributed by atoms with Gasteiger partial charge in [-0.15, -0.1) is 0 Å². The highest BCUT2D eigenvalue weighted by atomic mass is 16.7. The van der Waals surface area contributed by atoms with E-state index in [9.17, 15) is 24.9 Å². The number of amides is 2. The van der Waals surface area contributed by atoms with Crippen molar-refractivity contribution in [3.63, 3.8) is 0 Å². The number of anilines is 2. The first-order valence-corrected chi connectivity index (χ1v) is 8.40. The Kier molecular flexibility index (Phi) is 4.30. The first kappa shape index (κ1) is 18.4. The number of hydrogen-bond donors (Lipinski definition) is 4. The van der Waals surface area contributed by atoms with E-state index in [1.54, 1.807) is 36.9 Å². The van der Waals surface area contributed by atoms with Crippen molar-refractivity contribution in [2.45, 2.75) is 37.8 Å². The second-order valence-corrected chi connectivity index (χ2v) is 7.22. The van der Waals surface area contributed by atoms with E-state index in [1.807, 2.05) is 0 Å². The molecule has 26 heavy (non-hydrogen) atoms. The molecule has 8 heteroatoms. The van der Waals surface area contributed by atoms with Crippen LogP contribution in [-0.2, 0) is 15.0 Å². The zero-order valence-electron chi connectivity index (χ0n) is 14.8. The molecule has 1 atom stereocenters. The Morgan fingerprint density at radius 1 is 1.38 bits per heavy atom. The minimum absolute atomic E-state index is 0.0256. The van der Waals surface area contributed by atoms with Gasteiger partial charge in [-0.1, -0.05) is 12.6 Å². The molecular weight excluding hydrogens is 338 g/mol. The van der Waals surface area contributed by atoms with Crippen LogP contribution in [0.5, 0.6) is 0 Å². The third kappa shape index (κ3) is 2.96. The fourth-order valence-electron chi connectivity index (χ4n) is 3.58. The van der Waals surface area contributed by atoms with E-state index in [4.69, 9.17) is 0 Å². The molecule has 0 radical (unpaired) electrons. The van der Waals surface area contributed by atoms with Gasteiger partial charge >= 0.3 is 6.10 Å². The maximum atomic E-state index is 12.5. The molecule has 0 spiro atoms. The number of hydrogen-bond acceptors (Lipinski definition) is 6. The molecular formula is C18H23N3O5. The second-order valence-electron chi connectivity index (χ2n) is 7.22. The number of aliphatic hydroxyl groups is 3. The van der Waals surface area contributed by atoms with E-state index in [0.29, 0.717) is 29.2 Å². The van der Waals surface area contributed by atoms with Crippen molar-refractivity contribution >= 4 is 23.2 Å². The molecule has 0 aliphatic carbocycles. The van der Waals surface area contributed by atoms with Gasteiger partial charge in [0.15, 0.2) is 0 Å². The number of fused-ring (bicyclic) bond motifs is 1. The van der Waals surface area contributed by atoms with Crippen LogP contribution in [0.15, 0.2) is 30.9 Å². The molecule has 2 amide bonds. The molecule has 0 aromatic heterocycles. The first-order chi connectivity index (χ1) is 12.1. The molecule has 4 N–H and O–H groups in total. The van der Waals surface area contributed by atoms with Crippen LogP contribution >= 0.6 is 0 Å². The molecule has 140 valence electrons. The molecule has 1 unspecified atom stereocenters. The van der Waals surface area contributed by atoms with E-state index in [0.717, 1.165) is 6.42 Å². The van der Waals surface area contributed by atoms with Gasteiger partial charge in [0.1, 0.15) is 0 Å². The summed E-state index contributed by atoms with van der Waals surface area (Å²) in [5.41, 5.74) is 0.480. The number of nitrogens with one attached hydrogen (secondary N) is 1. The van der Waals surface area contributed by atoms with Crippen molar-refractivity contribution < 1.29 is 24.9 Å². The molecule has 2 heterocycles. The molecule has 2 aliphatic rings. The third-order valence-electron chi connectivity index (χ3n) is 5.00. The largest absolute Gasteiger partial charge is 0.380 e. The summed E-state index contributed by atoms with van der Waals surface area (Å²) < 4.78 is 0. The number of rotatable bonds is 4. The minimum Gasteiger partial charge on any atom is -0.380 e. The second kappa shape index (κ2) is 6.08. The van der Waals surface area contributed by atoms with Crippen LogP contribution in [0.4, 0.5) is 11.4 Å². The molecule has 1 aromatic rings. The van der Waals surface area contributed by atoms with Crippen LogP contribution in [0.3, 0.4) is 0 Å². The number of benzene rings is 1. The van der Waals surface area contributed by atoms with Crippen LogP contribution in [0.2, 0.25) is 0 Å². The summed E-state index contributed by atoms with van der Waals surface area (Å²) in [5, 5.41) is 32.1. The lowest BCUT2D eigenvalue weighted by Crippen LogP contribution is -2.53. The van der Waals surface area contributed by atoms with Crippen molar-refractivity contribution in [1.29, 1.82) is 0 Å². The van der Waals surface area contributed by atoms with Gasteiger partial charge in [0.25, 0.3) is 0 Å². The predicted molar refractivity (Wildman–Crippen MR) is 95.1 cm³/mol. The van der Waals surface area contributed by atoms with Crippen LogP contribution in [-0.4, -0.2) is 57.3 Å². The van der Waals surface area contributed by atoms with Crippen LogP contribution in [0.25, 0.3) is 0 Å². The summed E-state index contributed by atoms with van der Waals surface area (Å²) in [6, 6.07) is 5.14. The topological polar surface area (TPSA) is 113 Å². The molecule has 3 rings (SSSR count). The highest BCUT2D eigenvalue weighted by molar-refractivity contribution is 6.08. The molecule has 0 bridgehead atoms. The van der Waals surface area contributed by atoms with Gasteiger partial charge in [0, 0.05) is 24.8 Å².